The zero-order valence-electron chi connectivity index (χ0n) is 9.95. The van der Waals surface area contributed by atoms with E-state index in [2.05, 4.69) is 22.3 Å². The van der Waals surface area contributed by atoms with Crippen LogP contribution in [0.1, 0.15) is 11.3 Å². The maximum absolute atomic E-state index is 5.38. The summed E-state index contributed by atoms with van der Waals surface area (Å²) >= 11 is 5.38. The molecule has 0 aliphatic carbocycles. The first-order chi connectivity index (χ1) is 8.74. The molecule has 3 rings (SSSR count). The van der Waals surface area contributed by atoms with Crippen molar-refractivity contribution < 1.29 is 4.68 Å². The van der Waals surface area contributed by atoms with Gasteiger partial charge in [0.15, 0.2) is 0 Å². The zero-order valence-corrected chi connectivity index (χ0v) is 10.8. The van der Waals surface area contributed by atoms with Gasteiger partial charge in [0, 0.05) is 0 Å². The lowest BCUT2D eigenvalue weighted by Gasteiger charge is -2.04. The monoisotopic (exact) mass is 256 g/mol. The molecule has 0 fully saturated rings. The van der Waals surface area contributed by atoms with Crippen LogP contribution in [0.5, 0.6) is 0 Å². The second kappa shape index (κ2) is 4.34. The smallest absolute Gasteiger partial charge is 0.310 e. The minimum absolute atomic E-state index is 0.700. The van der Waals surface area contributed by atoms with Gasteiger partial charge in [0.25, 0.3) is 6.33 Å². The molecular weight excluding hydrogens is 244 g/mol. The molecule has 2 heterocycles. The van der Waals surface area contributed by atoms with Crippen molar-refractivity contribution in [1.82, 2.24) is 14.7 Å². The summed E-state index contributed by atoms with van der Waals surface area (Å²) in [6.07, 6.45) is 1.70. The van der Waals surface area contributed by atoms with Gasteiger partial charge >= 0.3 is 5.65 Å². The second-order valence-corrected chi connectivity index (χ2v) is 4.63. The van der Waals surface area contributed by atoms with E-state index in [9.17, 15) is 0 Å². The lowest BCUT2D eigenvalue weighted by atomic mass is 10.2. The molecule has 4 nitrogen and oxygen atoms in total. The number of fused-ring (bicyclic) bond motifs is 1. The van der Waals surface area contributed by atoms with Crippen molar-refractivity contribution in [3.8, 4) is 0 Å². The molecule has 0 amide bonds. The number of aryl methyl sites for hydroxylation is 1. The van der Waals surface area contributed by atoms with E-state index in [1.54, 1.807) is 10.8 Å². The Balaban J connectivity index is 2.08. The molecule has 3 aromatic rings. The van der Waals surface area contributed by atoms with Crippen molar-refractivity contribution in [2.45, 2.75) is 18.4 Å². The van der Waals surface area contributed by atoms with Gasteiger partial charge in [-0.3, -0.25) is 0 Å². The van der Waals surface area contributed by atoms with Crippen LogP contribution in [0.4, 0.5) is 0 Å². The van der Waals surface area contributed by atoms with Crippen LogP contribution in [0.15, 0.2) is 47.6 Å². The Morgan fingerprint density at radius 1 is 1.28 bits per heavy atom. The molecule has 2 aromatic heterocycles. The van der Waals surface area contributed by atoms with E-state index in [4.69, 9.17) is 12.6 Å². The van der Waals surface area contributed by atoms with Crippen LogP contribution in [0, 0.1) is 6.92 Å². The molecule has 0 aliphatic rings. The molecule has 0 aliphatic heterocycles. The van der Waals surface area contributed by atoms with E-state index in [0.29, 0.717) is 6.54 Å². The zero-order chi connectivity index (χ0) is 12.5. The fourth-order valence-electron chi connectivity index (χ4n) is 1.98. The van der Waals surface area contributed by atoms with Crippen LogP contribution in [0.25, 0.3) is 5.65 Å². The molecule has 0 radical (unpaired) electrons. The van der Waals surface area contributed by atoms with Crippen LogP contribution in [-0.2, 0) is 19.2 Å². The van der Waals surface area contributed by atoms with Crippen molar-refractivity contribution in [2.75, 3.05) is 0 Å². The third kappa shape index (κ3) is 1.93. The van der Waals surface area contributed by atoms with Gasteiger partial charge in [0.05, 0.1) is 5.69 Å². The normalized spacial score (nSPS) is 10.9. The minimum Gasteiger partial charge on any atom is -0.772 e. The molecule has 5 heteroatoms. The first kappa shape index (κ1) is 11.1. The van der Waals surface area contributed by atoms with Crippen LogP contribution in [-0.4, -0.2) is 14.7 Å². The Kier molecular flexibility index (Phi) is 2.68. The van der Waals surface area contributed by atoms with E-state index < -0.39 is 0 Å². The molecule has 0 bridgehead atoms. The number of hydrogen-bond donors (Lipinski definition) is 0. The van der Waals surface area contributed by atoms with Gasteiger partial charge in [-0.2, -0.15) is 0 Å². The van der Waals surface area contributed by atoms with E-state index in [1.165, 1.54) is 5.56 Å². The average Bonchev–Trinajstić information content (AvgIpc) is 2.73. The summed E-state index contributed by atoms with van der Waals surface area (Å²) in [4.78, 5) is 0.774. The Hall–Kier alpha value is -2.01. The summed E-state index contributed by atoms with van der Waals surface area (Å²) < 4.78 is 3.62. The highest BCUT2D eigenvalue weighted by molar-refractivity contribution is 7.59. The van der Waals surface area contributed by atoms with E-state index >= 15 is 0 Å². The molecule has 0 spiro atoms. The van der Waals surface area contributed by atoms with Gasteiger partial charge in [0.2, 0.25) is 0 Å². The fraction of sp³-hybridized carbons (Fsp3) is 0.154. The first-order valence-electron chi connectivity index (χ1n) is 5.70. The Labute approximate surface area is 110 Å². The quantitative estimate of drug-likeness (QED) is 0.511. The molecule has 0 atom stereocenters. The summed E-state index contributed by atoms with van der Waals surface area (Å²) in [7, 11) is 0. The summed E-state index contributed by atoms with van der Waals surface area (Å²) in [5, 5.41) is 8.71. The molecule has 1 aromatic carbocycles. The Morgan fingerprint density at radius 3 is 2.83 bits per heavy atom. The highest BCUT2D eigenvalue weighted by Gasteiger charge is 2.13. The molecule has 90 valence electrons. The molecule has 0 N–H and O–H groups in total. The molecule has 0 unspecified atom stereocenters. The standard InChI is InChI=1S/C13H12N4S/c1-10-7-12(18)13-16(14-9-17(13)15-10)8-11-5-3-2-4-6-11/h2-7,9H,8H2,1H3. The highest BCUT2D eigenvalue weighted by atomic mass is 32.1. The maximum Gasteiger partial charge on any atom is 0.310 e. The molecule has 0 saturated heterocycles. The van der Waals surface area contributed by atoms with E-state index in [1.807, 2.05) is 35.9 Å². The number of rotatable bonds is 2. The third-order valence-corrected chi connectivity index (χ3v) is 3.06. The van der Waals surface area contributed by atoms with Gasteiger partial charge in [0.1, 0.15) is 6.54 Å². The van der Waals surface area contributed by atoms with Gasteiger partial charge in [-0.15, -0.1) is 4.68 Å². The van der Waals surface area contributed by atoms with Gasteiger partial charge in [-0.25, -0.2) is 0 Å². The van der Waals surface area contributed by atoms with Crippen LogP contribution >= 0.6 is 0 Å². The van der Waals surface area contributed by atoms with Crippen molar-refractivity contribution in [3.05, 3.63) is 54.0 Å². The van der Waals surface area contributed by atoms with Gasteiger partial charge in [-0.05, 0) is 23.7 Å². The molecular formula is C13H12N4S. The van der Waals surface area contributed by atoms with E-state index in [-0.39, 0.29) is 0 Å². The maximum atomic E-state index is 5.38. The SMILES string of the molecule is Cc1cc([S-])c2n(cn[n+]2Cc2ccccc2)n1. The Morgan fingerprint density at radius 2 is 2.06 bits per heavy atom. The first-order valence-corrected chi connectivity index (χ1v) is 6.11. The Bertz CT molecular complexity index is 691. The van der Waals surface area contributed by atoms with Crippen LogP contribution in [0.2, 0.25) is 0 Å². The van der Waals surface area contributed by atoms with Crippen LogP contribution < -0.4 is 4.68 Å². The largest absolute Gasteiger partial charge is 0.772 e. The predicted molar refractivity (Wildman–Crippen MR) is 69.1 cm³/mol. The average molecular weight is 256 g/mol. The highest BCUT2D eigenvalue weighted by Crippen LogP contribution is 2.07. The minimum atomic E-state index is 0.700. The molecule has 0 saturated carbocycles. The lowest BCUT2D eigenvalue weighted by Crippen LogP contribution is -2.37. The topological polar surface area (TPSA) is 34.1 Å². The summed E-state index contributed by atoms with van der Waals surface area (Å²) in [5.41, 5.74) is 2.95. The van der Waals surface area contributed by atoms with Crippen LogP contribution in [0.3, 0.4) is 0 Å². The molecule has 18 heavy (non-hydrogen) atoms. The number of benzene rings is 1. The van der Waals surface area contributed by atoms with Gasteiger partial charge < -0.3 is 12.6 Å². The van der Waals surface area contributed by atoms with Gasteiger partial charge in [-0.1, -0.05) is 44.8 Å². The van der Waals surface area contributed by atoms with Crippen molar-refractivity contribution in [2.24, 2.45) is 0 Å². The van der Waals surface area contributed by atoms with E-state index in [0.717, 1.165) is 16.2 Å². The number of nitrogens with zero attached hydrogens (tertiary/aromatic N) is 4. The lowest BCUT2D eigenvalue weighted by molar-refractivity contribution is -0.721. The predicted octanol–water partition coefficient (Wildman–Crippen LogP) is 1.28. The van der Waals surface area contributed by atoms with Crippen molar-refractivity contribution in [3.63, 3.8) is 0 Å². The number of hydrogen-bond acceptors (Lipinski definition) is 3. The third-order valence-electron chi connectivity index (χ3n) is 2.76. The summed E-state index contributed by atoms with van der Waals surface area (Å²) in [6.45, 7) is 2.63. The summed E-state index contributed by atoms with van der Waals surface area (Å²) in [6, 6.07) is 12.1. The fourth-order valence-corrected chi connectivity index (χ4v) is 2.35. The summed E-state index contributed by atoms with van der Waals surface area (Å²) in [5.74, 6) is 0. The van der Waals surface area contributed by atoms with Crippen molar-refractivity contribution >= 4 is 18.3 Å². The number of aromatic nitrogens is 4. The van der Waals surface area contributed by atoms with Crippen molar-refractivity contribution in [1.29, 1.82) is 0 Å². The second-order valence-electron chi connectivity index (χ2n) is 4.19.